The van der Waals surface area contributed by atoms with E-state index in [1.807, 2.05) is 0 Å². The van der Waals surface area contributed by atoms with E-state index in [9.17, 15) is 8.60 Å². The first kappa shape index (κ1) is 13.0. The van der Waals surface area contributed by atoms with Crippen LogP contribution in [0.3, 0.4) is 0 Å². The zero-order valence-electron chi connectivity index (χ0n) is 9.27. The van der Waals surface area contributed by atoms with Crippen LogP contribution in [0.4, 0.5) is 4.39 Å². The number of benzene rings is 1. The molecule has 1 aliphatic rings. The third-order valence-electron chi connectivity index (χ3n) is 2.79. The minimum absolute atomic E-state index is 0.240. The lowest BCUT2D eigenvalue weighted by atomic mass is 9.96. The summed E-state index contributed by atoms with van der Waals surface area (Å²) in [4.78, 5) is 0.565. The minimum atomic E-state index is -1.53. The van der Waals surface area contributed by atoms with Crippen molar-refractivity contribution in [2.75, 3.05) is 0 Å². The molecule has 0 amide bonds. The maximum atomic E-state index is 13.1. The summed E-state index contributed by atoms with van der Waals surface area (Å²) < 4.78 is 30.4. The monoisotopic (exact) mass is 276 g/mol. The highest BCUT2D eigenvalue weighted by molar-refractivity contribution is 7.80. The average Bonchev–Trinajstić information content (AvgIpc) is 2.29. The van der Waals surface area contributed by atoms with Crippen molar-refractivity contribution in [3.05, 3.63) is 29.3 Å². The summed E-state index contributed by atoms with van der Waals surface area (Å²) in [5, 5.41) is 0.590. The normalized spacial score (nSPS) is 26.7. The Labute approximate surface area is 108 Å². The fourth-order valence-electron chi connectivity index (χ4n) is 1.90. The molecule has 0 spiro atoms. The molecule has 0 heterocycles. The number of hydrogen-bond donors (Lipinski definition) is 0. The van der Waals surface area contributed by atoms with Gasteiger partial charge in [-0.1, -0.05) is 11.6 Å². The number of halogens is 2. The maximum Gasteiger partial charge on any atom is 0.189 e. The van der Waals surface area contributed by atoms with Crippen molar-refractivity contribution >= 4 is 22.7 Å². The Morgan fingerprint density at radius 2 is 2.00 bits per heavy atom. The van der Waals surface area contributed by atoms with Crippen molar-refractivity contribution in [1.29, 1.82) is 0 Å². The highest BCUT2D eigenvalue weighted by Gasteiger charge is 2.24. The minimum Gasteiger partial charge on any atom is -0.283 e. The first-order valence-electron chi connectivity index (χ1n) is 5.63. The standard InChI is InChI=1S/C12H14ClFO2S/c13-9-4-6-12(7-5-9)17(15)16-11-3-1-2-10(14)8-11/h4-7,10-11H,1-3,8H2. The van der Waals surface area contributed by atoms with Crippen LogP contribution >= 0.6 is 11.6 Å². The molecule has 5 heteroatoms. The van der Waals surface area contributed by atoms with Crippen LogP contribution in [0.2, 0.25) is 5.02 Å². The summed E-state index contributed by atoms with van der Waals surface area (Å²) in [7, 11) is 0. The molecule has 0 aromatic heterocycles. The molecule has 0 N–H and O–H groups in total. The van der Waals surface area contributed by atoms with Crippen LogP contribution in [0, 0.1) is 0 Å². The lowest BCUT2D eigenvalue weighted by Crippen LogP contribution is -2.24. The predicted molar refractivity (Wildman–Crippen MR) is 66.1 cm³/mol. The molecule has 1 saturated carbocycles. The van der Waals surface area contributed by atoms with Crippen LogP contribution in [-0.2, 0) is 15.3 Å². The van der Waals surface area contributed by atoms with Crippen molar-refractivity contribution in [2.24, 2.45) is 0 Å². The first-order chi connectivity index (χ1) is 8.15. The van der Waals surface area contributed by atoms with Crippen molar-refractivity contribution < 1.29 is 12.8 Å². The summed E-state index contributed by atoms with van der Waals surface area (Å²) in [6.07, 6.45) is 1.45. The maximum absolute atomic E-state index is 13.1. The van der Waals surface area contributed by atoms with Crippen LogP contribution in [0.15, 0.2) is 29.2 Å². The molecule has 0 saturated heterocycles. The third kappa shape index (κ3) is 3.76. The van der Waals surface area contributed by atoms with Gasteiger partial charge in [0.05, 0.1) is 11.0 Å². The van der Waals surface area contributed by atoms with Crippen LogP contribution in [0.25, 0.3) is 0 Å². The van der Waals surface area contributed by atoms with Gasteiger partial charge in [0.15, 0.2) is 11.1 Å². The van der Waals surface area contributed by atoms with E-state index in [-0.39, 0.29) is 6.10 Å². The zero-order chi connectivity index (χ0) is 12.3. The van der Waals surface area contributed by atoms with Gasteiger partial charge in [-0.2, -0.15) is 0 Å². The van der Waals surface area contributed by atoms with E-state index in [2.05, 4.69) is 0 Å². The average molecular weight is 277 g/mol. The summed E-state index contributed by atoms with van der Waals surface area (Å²) in [5.41, 5.74) is 0. The van der Waals surface area contributed by atoms with Gasteiger partial charge in [0.1, 0.15) is 6.17 Å². The largest absolute Gasteiger partial charge is 0.283 e. The number of rotatable bonds is 3. The highest BCUT2D eigenvalue weighted by Crippen LogP contribution is 2.25. The van der Waals surface area contributed by atoms with Gasteiger partial charge in [0, 0.05) is 11.4 Å². The molecule has 3 unspecified atom stereocenters. The van der Waals surface area contributed by atoms with Gasteiger partial charge < -0.3 is 0 Å². The molecule has 94 valence electrons. The second kappa shape index (κ2) is 5.94. The Balaban J connectivity index is 1.94. The number of hydrogen-bond acceptors (Lipinski definition) is 2. The van der Waals surface area contributed by atoms with Gasteiger partial charge in [-0.05, 0) is 43.5 Å². The molecular weight excluding hydrogens is 263 g/mol. The Morgan fingerprint density at radius 3 is 2.65 bits per heavy atom. The number of alkyl halides is 1. The lowest BCUT2D eigenvalue weighted by Gasteiger charge is -2.23. The van der Waals surface area contributed by atoms with E-state index >= 15 is 0 Å². The molecule has 1 aliphatic carbocycles. The predicted octanol–water partition coefficient (Wildman–Crippen LogP) is 3.66. The summed E-state index contributed by atoms with van der Waals surface area (Å²) in [5.74, 6) is 0. The lowest BCUT2D eigenvalue weighted by molar-refractivity contribution is 0.115. The van der Waals surface area contributed by atoms with E-state index in [0.717, 1.165) is 12.8 Å². The topological polar surface area (TPSA) is 26.3 Å². The Bertz CT molecular complexity index is 396. The first-order valence-corrected chi connectivity index (χ1v) is 7.09. The van der Waals surface area contributed by atoms with Gasteiger partial charge in [-0.15, -0.1) is 0 Å². The molecule has 2 rings (SSSR count). The fourth-order valence-corrected chi connectivity index (χ4v) is 2.92. The summed E-state index contributed by atoms with van der Waals surface area (Å²) >= 11 is 4.21. The van der Waals surface area contributed by atoms with E-state index in [4.69, 9.17) is 15.8 Å². The van der Waals surface area contributed by atoms with E-state index < -0.39 is 17.3 Å². The van der Waals surface area contributed by atoms with Crippen LogP contribution in [0.5, 0.6) is 0 Å². The molecule has 3 atom stereocenters. The summed E-state index contributed by atoms with van der Waals surface area (Å²) in [6.45, 7) is 0. The molecule has 2 nitrogen and oxygen atoms in total. The van der Waals surface area contributed by atoms with Gasteiger partial charge in [0.2, 0.25) is 0 Å². The SMILES string of the molecule is O=S(OC1CCCC(F)C1)c1ccc(Cl)cc1. The second-order valence-electron chi connectivity index (χ2n) is 4.17. The second-order valence-corrected chi connectivity index (χ2v) is 5.74. The van der Waals surface area contributed by atoms with E-state index in [1.165, 1.54) is 0 Å². The third-order valence-corrected chi connectivity index (χ3v) is 4.15. The molecule has 1 aromatic rings. The van der Waals surface area contributed by atoms with Crippen LogP contribution in [0.1, 0.15) is 25.7 Å². The zero-order valence-corrected chi connectivity index (χ0v) is 10.8. The molecule has 0 aliphatic heterocycles. The molecule has 17 heavy (non-hydrogen) atoms. The highest BCUT2D eigenvalue weighted by atomic mass is 35.5. The molecule has 0 radical (unpaired) electrons. The molecule has 1 aromatic carbocycles. The van der Waals surface area contributed by atoms with E-state index in [0.29, 0.717) is 22.8 Å². The Hall–Kier alpha value is -0.450. The smallest absolute Gasteiger partial charge is 0.189 e. The van der Waals surface area contributed by atoms with Crippen molar-refractivity contribution in [3.63, 3.8) is 0 Å². The van der Waals surface area contributed by atoms with Crippen molar-refractivity contribution in [3.8, 4) is 0 Å². The van der Waals surface area contributed by atoms with Gasteiger partial charge in [-0.25, -0.2) is 8.60 Å². The molecule has 0 bridgehead atoms. The van der Waals surface area contributed by atoms with Crippen LogP contribution in [-0.4, -0.2) is 16.5 Å². The molecule has 1 fully saturated rings. The van der Waals surface area contributed by atoms with Crippen molar-refractivity contribution in [1.82, 2.24) is 0 Å². The Kier molecular flexibility index (Phi) is 4.54. The Morgan fingerprint density at radius 1 is 1.29 bits per heavy atom. The van der Waals surface area contributed by atoms with Gasteiger partial charge >= 0.3 is 0 Å². The fraction of sp³-hybridized carbons (Fsp3) is 0.500. The molecular formula is C12H14ClFO2S. The van der Waals surface area contributed by atoms with Crippen LogP contribution < -0.4 is 0 Å². The van der Waals surface area contributed by atoms with E-state index in [1.54, 1.807) is 24.3 Å². The van der Waals surface area contributed by atoms with Gasteiger partial charge in [-0.3, -0.25) is 4.18 Å². The van der Waals surface area contributed by atoms with Gasteiger partial charge in [0.25, 0.3) is 0 Å². The summed E-state index contributed by atoms with van der Waals surface area (Å²) in [6, 6.07) is 6.65. The quantitative estimate of drug-likeness (QED) is 0.842. The van der Waals surface area contributed by atoms with Crippen molar-refractivity contribution in [2.45, 2.75) is 42.9 Å².